The fraction of sp³-hybridized carbons (Fsp3) is 0.333. The average molecular weight is 348 g/mol. The van der Waals surface area contributed by atoms with Gasteiger partial charge in [-0.05, 0) is 25.1 Å². The predicted octanol–water partition coefficient (Wildman–Crippen LogP) is 2.83. The zero-order valence-electron chi connectivity index (χ0n) is 14.2. The average Bonchev–Trinajstić information content (AvgIpc) is 2.52. The van der Waals surface area contributed by atoms with E-state index in [-0.39, 0.29) is 17.5 Å². The summed E-state index contributed by atoms with van der Waals surface area (Å²) in [4.78, 5) is 0.0926. The van der Waals surface area contributed by atoms with E-state index in [9.17, 15) is 13.5 Å². The maximum atomic E-state index is 12.7. The van der Waals surface area contributed by atoms with Crippen molar-refractivity contribution in [3.63, 3.8) is 0 Å². The highest BCUT2D eigenvalue weighted by molar-refractivity contribution is 7.92. The molecule has 0 aliphatic rings. The van der Waals surface area contributed by atoms with Gasteiger partial charge in [-0.3, -0.25) is 4.72 Å². The molecule has 5 nitrogen and oxygen atoms in total. The van der Waals surface area contributed by atoms with E-state index in [0.29, 0.717) is 11.3 Å². The molecule has 0 bridgehead atoms. The van der Waals surface area contributed by atoms with Gasteiger partial charge in [-0.2, -0.15) is 0 Å². The van der Waals surface area contributed by atoms with Crippen LogP contribution in [0.3, 0.4) is 0 Å². The van der Waals surface area contributed by atoms with Crippen molar-refractivity contribution in [2.45, 2.75) is 37.8 Å². The lowest BCUT2D eigenvalue weighted by molar-refractivity contribution is 0.168. The first-order chi connectivity index (χ1) is 11.3. The SMILES string of the molecule is Cc1ccc(S(=O)(=O)Nc2ccccc2)c(C(O)CNC(C)C)c1. The second-order valence-corrected chi connectivity index (χ2v) is 7.74. The number of benzene rings is 2. The van der Waals surface area contributed by atoms with Gasteiger partial charge in [-0.1, -0.05) is 49.7 Å². The summed E-state index contributed by atoms with van der Waals surface area (Å²) < 4.78 is 28.0. The third-order valence-corrected chi connectivity index (χ3v) is 5.01. The molecule has 6 heteroatoms. The van der Waals surface area contributed by atoms with E-state index < -0.39 is 16.1 Å². The first-order valence-corrected chi connectivity index (χ1v) is 9.38. The minimum atomic E-state index is -3.78. The highest BCUT2D eigenvalue weighted by Crippen LogP contribution is 2.26. The number of hydrogen-bond donors (Lipinski definition) is 3. The molecule has 0 aliphatic heterocycles. The van der Waals surface area contributed by atoms with Crippen molar-refractivity contribution in [2.75, 3.05) is 11.3 Å². The van der Waals surface area contributed by atoms with Gasteiger partial charge < -0.3 is 10.4 Å². The van der Waals surface area contributed by atoms with Crippen molar-refractivity contribution in [2.24, 2.45) is 0 Å². The lowest BCUT2D eigenvalue weighted by atomic mass is 10.1. The summed E-state index contributed by atoms with van der Waals surface area (Å²) in [7, 11) is -3.78. The van der Waals surface area contributed by atoms with E-state index in [2.05, 4.69) is 10.0 Å². The Balaban J connectivity index is 2.35. The maximum Gasteiger partial charge on any atom is 0.262 e. The molecule has 0 radical (unpaired) electrons. The maximum absolute atomic E-state index is 12.7. The van der Waals surface area contributed by atoms with Crippen molar-refractivity contribution in [3.05, 3.63) is 59.7 Å². The molecule has 0 saturated carbocycles. The molecule has 2 aromatic rings. The fourth-order valence-electron chi connectivity index (χ4n) is 2.35. The highest BCUT2D eigenvalue weighted by Gasteiger charge is 2.23. The summed E-state index contributed by atoms with van der Waals surface area (Å²) in [6.45, 7) is 6.09. The van der Waals surface area contributed by atoms with Crippen molar-refractivity contribution >= 4 is 15.7 Å². The molecule has 1 atom stereocenters. The normalized spacial score (nSPS) is 13.0. The molecule has 0 aliphatic carbocycles. The Morgan fingerprint density at radius 3 is 2.38 bits per heavy atom. The minimum absolute atomic E-state index is 0.0926. The van der Waals surface area contributed by atoms with Crippen LogP contribution in [0.5, 0.6) is 0 Å². The van der Waals surface area contributed by atoms with E-state index in [1.807, 2.05) is 26.8 Å². The molecule has 2 rings (SSSR count). The van der Waals surface area contributed by atoms with Gasteiger partial charge in [0.1, 0.15) is 0 Å². The van der Waals surface area contributed by atoms with Gasteiger partial charge in [0.05, 0.1) is 11.0 Å². The van der Waals surface area contributed by atoms with Gasteiger partial charge in [0.25, 0.3) is 10.0 Å². The lowest BCUT2D eigenvalue weighted by Crippen LogP contribution is -2.29. The Morgan fingerprint density at radius 1 is 1.08 bits per heavy atom. The Bertz CT molecular complexity index is 774. The monoisotopic (exact) mass is 348 g/mol. The number of hydrogen-bond acceptors (Lipinski definition) is 4. The Kier molecular flexibility index (Phi) is 5.99. The molecule has 1 unspecified atom stereocenters. The zero-order chi connectivity index (χ0) is 17.7. The van der Waals surface area contributed by atoms with Gasteiger partial charge in [0, 0.05) is 23.8 Å². The molecule has 0 spiro atoms. The standard InChI is InChI=1S/C18H24N2O3S/c1-13(2)19-12-17(21)16-11-14(3)9-10-18(16)24(22,23)20-15-7-5-4-6-8-15/h4-11,13,17,19-21H,12H2,1-3H3. The number of rotatable bonds is 7. The van der Waals surface area contributed by atoms with Gasteiger partial charge in [-0.15, -0.1) is 0 Å². The number of anilines is 1. The van der Waals surface area contributed by atoms with Crippen molar-refractivity contribution in [3.8, 4) is 0 Å². The number of aryl methyl sites for hydroxylation is 1. The molecule has 0 heterocycles. The molecule has 0 aromatic heterocycles. The van der Waals surface area contributed by atoms with Crippen LogP contribution in [0.25, 0.3) is 0 Å². The van der Waals surface area contributed by atoms with Crippen LogP contribution in [0.1, 0.15) is 31.1 Å². The molecule has 0 saturated heterocycles. The fourth-order valence-corrected chi connectivity index (χ4v) is 3.66. The van der Waals surface area contributed by atoms with E-state index >= 15 is 0 Å². The largest absolute Gasteiger partial charge is 0.387 e. The number of para-hydroxylation sites is 1. The summed E-state index contributed by atoms with van der Waals surface area (Å²) >= 11 is 0. The predicted molar refractivity (Wildman–Crippen MR) is 96.5 cm³/mol. The summed E-state index contributed by atoms with van der Waals surface area (Å²) in [6.07, 6.45) is -0.908. The number of sulfonamides is 1. The summed E-state index contributed by atoms with van der Waals surface area (Å²) in [5.74, 6) is 0. The second kappa shape index (κ2) is 7.79. The van der Waals surface area contributed by atoms with Crippen LogP contribution >= 0.6 is 0 Å². The summed E-state index contributed by atoms with van der Waals surface area (Å²) in [5, 5.41) is 13.6. The van der Waals surface area contributed by atoms with Crippen LogP contribution in [-0.4, -0.2) is 26.1 Å². The Labute approximate surface area is 143 Å². The van der Waals surface area contributed by atoms with Crippen LogP contribution in [0.2, 0.25) is 0 Å². The highest BCUT2D eigenvalue weighted by atomic mass is 32.2. The van der Waals surface area contributed by atoms with Gasteiger partial charge >= 0.3 is 0 Å². The van der Waals surface area contributed by atoms with E-state index in [1.165, 1.54) is 6.07 Å². The third kappa shape index (κ3) is 4.80. The van der Waals surface area contributed by atoms with Crippen LogP contribution in [-0.2, 0) is 10.0 Å². The first kappa shape index (κ1) is 18.4. The minimum Gasteiger partial charge on any atom is -0.387 e. The van der Waals surface area contributed by atoms with E-state index in [0.717, 1.165) is 5.56 Å². The number of aliphatic hydroxyl groups is 1. The molecular weight excluding hydrogens is 324 g/mol. The van der Waals surface area contributed by atoms with Crippen molar-refractivity contribution in [1.82, 2.24) is 5.32 Å². The van der Waals surface area contributed by atoms with Crippen LogP contribution < -0.4 is 10.0 Å². The van der Waals surface area contributed by atoms with E-state index in [4.69, 9.17) is 0 Å². The molecule has 0 amide bonds. The molecule has 0 fully saturated rings. The first-order valence-electron chi connectivity index (χ1n) is 7.89. The molecular formula is C18H24N2O3S. The van der Waals surface area contributed by atoms with Crippen molar-refractivity contribution < 1.29 is 13.5 Å². The molecule has 24 heavy (non-hydrogen) atoms. The van der Waals surface area contributed by atoms with Crippen LogP contribution in [0.15, 0.2) is 53.4 Å². The van der Waals surface area contributed by atoms with Crippen molar-refractivity contribution in [1.29, 1.82) is 0 Å². The third-order valence-electron chi connectivity index (χ3n) is 3.56. The molecule has 3 N–H and O–H groups in total. The Morgan fingerprint density at radius 2 is 1.75 bits per heavy atom. The smallest absolute Gasteiger partial charge is 0.262 e. The number of aliphatic hydroxyl groups excluding tert-OH is 1. The summed E-state index contributed by atoms with van der Waals surface area (Å²) in [5.41, 5.74) is 1.78. The second-order valence-electron chi connectivity index (χ2n) is 6.09. The lowest BCUT2D eigenvalue weighted by Gasteiger charge is -2.19. The van der Waals surface area contributed by atoms with Gasteiger partial charge in [0.2, 0.25) is 0 Å². The van der Waals surface area contributed by atoms with Gasteiger partial charge in [-0.25, -0.2) is 8.42 Å². The molecule has 130 valence electrons. The zero-order valence-corrected chi connectivity index (χ0v) is 15.0. The van der Waals surface area contributed by atoms with Crippen LogP contribution in [0, 0.1) is 6.92 Å². The van der Waals surface area contributed by atoms with E-state index in [1.54, 1.807) is 36.4 Å². The topological polar surface area (TPSA) is 78.4 Å². The molecule has 2 aromatic carbocycles. The quantitative estimate of drug-likeness (QED) is 0.719. The number of nitrogens with one attached hydrogen (secondary N) is 2. The van der Waals surface area contributed by atoms with Crippen LogP contribution in [0.4, 0.5) is 5.69 Å². The Hall–Kier alpha value is -1.89. The van der Waals surface area contributed by atoms with Gasteiger partial charge in [0.15, 0.2) is 0 Å². The summed E-state index contributed by atoms with van der Waals surface area (Å²) in [6, 6.07) is 13.9.